The number of methoxy groups -OCH3 is 1. The summed E-state index contributed by atoms with van der Waals surface area (Å²) in [7, 11) is 1.80. The van der Waals surface area contributed by atoms with E-state index >= 15 is 0 Å². The van der Waals surface area contributed by atoms with Crippen LogP contribution in [0.1, 0.15) is 25.7 Å². The number of thiophene rings is 1. The molecule has 0 bridgehead atoms. The molecule has 0 saturated heterocycles. The molecule has 1 fully saturated rings. The Morgan fingerprint density at radius 1 is 1.22 bits per heavy atom. The molecule has 4 aromatic rings. The molecule has 4 aromatic heterocycles. The third kappa shape index (κ3) is 3.17. The van der Waals surface area contributed by atoms with E-state index in [0.717, 1.165) is 47.7 Å². The van der Waals surface area contributed by atoms with Crippen LogP contribution < -0.4 is 5.32 Å². The Morgan fingerprint density at radius 3 is 2.93 bits per heavy atom. The molecule has 0 aromatic carbocycles. The molecule has 1 aliphatic carbocycles. The van der Waals surface area contributed by atoms with E-state index in [1.54, 1.807) is 18.4 Å². The molecule has 0 aliphatic heterocycles. The van der Waals surface area contributed by atoms with Crippen LogP contribution in [0.15, 0.2) is 36.9 Å². The van der Waals surface area contributed by atoms with Crippen molar-refractivity contribution in [2.24, 2.45) is 0 Å². The van der Waals surface area contributed by atoms with Gasteiger partial charge in [-0.15, -0.1) is 11.3 Å². The highest BCUT2D eigenvalue weighted by molar-refractivity contribution is 7.22. The molecule has 27 heavy (non-hydrogen) atoms. The van der Waals surface area contributed by atoms with Crippen molar-refractivity contribution in [1.82, 2.24) is 19.9 Å². The van der Waals surface area contributed by atoms with E-state index in [2.05, 4.69) is 32.4 Å². The number of nitrogens with zero attached hydrogens (tertiary/aromatic N) is 3. The van der Waals surface area contributed by atoms with E-state index in [1.165, 1.54) is 9.58 Å². The van der Waals surface area contributed by atoms with Crippen LogP contribution >= 0.6 is 11.3 Å². The minimum Gasteiger partial charge on any atom is -0.381 e. The highest BCUT2D eigenvalue weighted by Crippen LogP contribution is 2.36. The van der Waals surface area contributed by atoms with Crippen molar-refractivity contribution in [3.05, 3.63) is 36.9 Å². The van der Waals surface area contributed by atoms with Gasteiger partial charge in [0.1, 0.15) is 5.65 Å². The summed E-state index contributed by atoms with van der Waals surface area (Å²) in [5, 5.41) is 5.69. The third-order valence-corrected chi connectivity index (χ3v) is 6.50. The second-order valence-corrected chi connectivity index (χ2v) is 8.12. The summed E-state index contributed by atoms with van der Waals surface area (Å²) in [6, 6.07) is 4.64. The lowest BCUT2D eigenvalue weighted by molar-refractivity contribution is 0.0681. The summed E-state index contributed by atoms with van der Waals surface area (Å²) in [6.45, 7) is 0. The van der Waals surface area contributed by atoms with Crippen LogP contribution in [-0.2, 0) is 4.74 Å². The number of rotatable bonds is 4. The number of H-pyrrole nitrogens is 1. The highest BCUT2D eigenvalue weighted by Gasteiger charge is 2.21. The predicted octanol–water partition coefficient (Wildman–Crippen LogP) is 4.60. The van der Waals surface area contributed by atoms with Crippen molar-refractivity contribution < 1.29 is 4.74 Å². The van der Waals surface area contributed by atoms with Gasteiger partial charge in [0.2, 0.25) is 5.95 Å². The smallest absolute Gasteiger partial charge is 0.224 e. The van der Waals surface area contributed by atoms with Crippen molar-refractivity contribution in [3.63, 3.8) is 0 Å². The fraction of sp³-hybridized carbons (Fsp3) is 0.350. The third-order valence-electron chi connectivity index (χ3n) is 5.36. The van der Waals surface area contributed by atoms with E-state index in [1.807, 2.05) is 24.8 Å². The molecule has 2 N–H and O–H groups in total. The van der Waals surface area contributed by atoms with Gasteiger partial charge in [-0.1, -0.05) is 0 Å². The number of hydrogen-bond donors (Lipinski definition) is 2. The quantitative estimate of drug-likeness (QED) is 0.542. The first-order valence-corrected chi connectivity index (χ1v) is 10.1. The van der Waals surface area contributed by atoms with E-state index in [0.29, 0.717) is 18.1 Å². The molecule has 1 aliphatic rings. The lowest BCUT2D eigenvalue weighted by Crippen LogP contribution is -2.29. The molecule has 5 rings (SSSR count). The van der Waals surface area contributed by atoms with Crippen LogP contribution in [0.25, 0.3) is 31.6 Å². The standard InChI is InChI=1S/C20H21N5OS/c1-26-14-4-2-13(3-5-14)24-20-23-11-16-15(10-22-19(16)25-20)18-8-12-9-21-7-6-17(12)27-18/h6-11,13-14H,2-5H2,1H3,(H2,22,23,24,25). The van der Waals surface area contributed by atoms with E-state index < -0.39 is 0 Å². The van der Waals surface area contributed by atoms with Crippen molar-refractivity contribution in [2.45, 2.75) is 37.8 Å². The fourth-order valence-electron chi connectivity index (χ4n) is 3.82. The number of aromatic nitrogens is 4. The number of nitrogens with one attached hydrogen (secondary N) is 2. The molecule has 0 spiro atoms. The summed E-state index contributed by atoms with van der Waals surface area (Å²) >= 11 is 1.76. The SMILES string of the molecule is COC1CCC(Nc2ncc3c(-c4cc5cnccc5s4)c[nH]c3n2)CC1. The molecule has 6 nitrogen and oxygen atoms in total. The molecule has 0 radical (unpaired) electrons. The summed E-state index contributed by atoms with van der Waals surface area (Å²) in [4.78, 5) is 18.0. The Hall–Kier alpha value is -2.51. The predicted molar refractivity (Wildman–Crippen MR) is 109 cm³/mol. The number of ether oxygens (including phenoxy) is 1. The Kier molecular flexibility index (Phi) is 4.26. The average Bonchev–Trinajstić information content (AvgIpc) is 3.32. The lowest BCUT2D eigenvalue weighted by Gasteiger charge is -2.28. The molecule has 0 atom stereocenters. The van der Waals surface area contributed by atoms with Gasteiger partial charge in [0.05, 0.1) is 6.10 Å². The van der Waals surface area contributed by atoms with E-state index in [9.17, 15) is 0 Å². The Morgan fingerprint density at radius 2 is 2.11 bits per heavy atom. The van der Waals surface area contributed by atoms with Crippen LogP contribution in [0, 0.1) is 0 Å². The van der Waals surface area contributed by atoms with Gasteiger partial charge in [-0.3, -0.25) is 4.98 Å². The van der Waals surface area contributed by atoms with Crippen LogP contribution in [-0.4, -0.2) is 39.2 Å². The van der Waals surface area contributed by atoms with Crippen LogP contribution in [0.2, 0.25) is 0 Å². The zero-order valence-electron chi connectivity index (χ0n) is 15.1. The normalized spacial score (nSPS) is 20.3. The molecule has 0 amide bonds. The Labute approximate surface area is 161 Å². The van der Waals surface area contributed by atoms with Gasteiger partial charge < -0.3 is 15.0 Å². The number of anilines is 1. The summed E-state index contributed by atoms with van der Waals surface area (Å²) < 4.78 is 6.68. The van der Waals surface area contributed by atoms with E-state index in [4.69, 9.17) is 9.72 Å². The molecule has 7 heteroatoms. The van der Waals surface area contributed by atoms with Crippen LogP contribution in [0.3, 0.4) is 0 Å². The van der Waals surface area contributed by atoms with Crippen LogP contribution in [0.5, 0.6) is 0 Å². The lowest BCUT2D eigenvalue weighted by atomic mass is 9.93. The number of hydrogen-bond acceptors (Lipinski definition) is 6. The number of fused-ring (bicyclic) bond motifs is 2. The summed E-state index contributed by atoms with van der Waals surface area (Å²) in [5.74, 6) is 0.692. The van der Waals surface area contributed by atoms with Gasteiger partial charge in [0.25, 0.3) is 0 Å². The van der Waals surface area contributed by atoms with Gasteiger partial charge in [-0.25, -0.2) is 4.98 Å². The van der Waals surface area contributed by atoms with Crippen molar-refractivity contribution in [3.8, 4) is 10.4 Å². The number of pyridine rings is 1. The molecular weight excluding hydrogens is 358 g/mol. The summed E-state index contributed by atoms with van der Waals surface area (Å²) in [6.07, 6.45) is 12.4. The zero-order valence-corrected chi connectivity index (χ0v) is 15.9. The first-order chi connectivity index (χ1) is 13.3. The summed E-state index contributed by atoms with van der Waals surface area (Å²) in [5.41, 5.74) is 2.00. The van der Waals surface area contributed by atoms with Gasteiger partial charge in [-0.2, -0.15) is 4.98 Å². The average molecular weight is 379 g/mol. The minimum absolute atomic E-state index is 0.397. The van der Waals surface area contributed by atoms with Gasteiger partial charge in [0.15, 0.2) is 0 Å². The second-order valence-electron chi connectivity index (χ2n) is 7.04. The Bertz CT molecular complexity index is 1050. The first-order valence-electron chi connectivity index (χ1n) is 9.27. The maximum absolute atomic E-state index is 5.45. The highest BCUT2D eigenvalue weighted by atomic mass is 32.1. The van der Waals surface area contributed by atoms with Gasteiger partial charge in [-0.05, 0) is 37.8 Å². The van der Waals surface area contributed by atoms with E-state index in [-0.39, 0.29) is 0 Å². The fourth-order valence-corrected chi connectivity index (χ4v) is 4.88. The monoisotopic (exact) mass is 379 g/mol. The Balaban J connectivity index is 1.39. The largest absolute Gasteiger partial charge is 0.381 e. The molecular formula is C20H21N5OS. The topological polar surface area (TPSA) is 75.7 Å². The van der Waals surface area contributed by atoms with Gasteiger partial charge >= 0.3 is 0 Å². The molecule has 4 heterocycles. The van der Waals surface area contributed by atoms with Crippen LogP contribution in [0.4, 0.5) is 5.95 Å². The molecule has 1 saturated carbocycles. The van der Waals surface area contributed by atoms with Crippen molar-refractivity contribution in [2.75, 3.05) is 12.4 Å². The second kappa shape index (κ2) is 6.90. The number of aromatic amines is 1. The van der Waals surface area contributed by atoms with Crippen molar-refractivity contribution >= 4 is 38.4 Å². The minimum atomic E-state index is 0.397. The first kappa shape index (κ1) is 16.6. The van der Waals surface area contributed by atoms with Crippen molar-refractivity contribution in [1.29, 1.82) is 0 Å². The molecule has 0 unspecified atom stereocenters. The maximum atomic E-state index is 5.45. The van der Waals surface area contributed by atoms with Gasteiger partial charge in [0, 0.05) is 63.9 Å². The molecule has 138 valence electrons. The maximum Gasteiger partial charge on any atom is 0.224 e. The zero-order chi connectivity index (χ0) is 18.2.